The first-order valence-corrected chi connectivity index (χ1v) is 6.63. The van der Waals surface area contributed by atoms with E-state index in [9.17, 15) is 27.6 Å². The molecule has 0 radical (unpaired) electrons. The number of nitrogens with one attached hydrogen (secondary N) is 1. The standard InChI is InChI=1S/C14H11F3N2O3/c1-5-10(15)9-6(12(17)11(5)16)4-19(14(9)22)7-2-3-8(20)18-13(7)21/h7H,2-4H2,1H3,(H,18,20,21). The molecular weight excluding hydrogens is 301 g/mol. The molecule has 5 nitrogen and oxygen atoms in total. The Kier molecular flexibility index (Phi) is 3.19. The summed E-state index contributed by atoms with van der Waals surface area (Å²) in [5.74, 6) is -5.77. The lowest BCUT2D eigenvalue weighted by molar-refractivity contribution is -0.136. The Morgan fingerprint density at radius 1 is 1.09 bits per heavy atom. The fraction of sp³-hybridized carbons (Fsp3) is 0.357. The Labute approximate surface area is 123 Å². The minimum Gasteiger partial charge on any atom is -0.322 e. The molecule has 8 heteroatoms. The molecule has 1 saturated heterocycles. The predicted molar refractivity (Wildman–Crippen MR) is 67.1 cm³/mol. The van der Waals surface area contributed by atoms with Gasteiger partial charge in [0.2, 0.25) is 11.8 Å². The summed E-state index contributed by atoms with van der Waals surface area (Å²) in [6, 6.07) is -1.00. The van der Waals surface area contributed by atoms with E-state index in [1.54, 1.807) is 0 Å². The van der Waals surface area contributed by atoms with Crippen molar-refractivity contribution in [2.75, 3.05) is 0 Å². The molecule has 1 atom stereocenters. The second kappa shape index (κ2) is 4.82. The first-order valence-electron chi connectivity index (χ1n) is 6.63. The van der Waals surface area contributed by atoms with Gasteiger partial charge in [-0.2, -0.15) is 0 Å². The summed E-state index contributed by atoms with van der Waals surface area (Å²) in [6.07, 6.45) is 0.0873. The molecule has 1 unspecified atom stereocenters. The van der Waals surface area contributed by atoms with Gasteiger partial charge in [-0.25, -0.2) is 13.2 Å². The summed E-state index contributed by atoms with van der Waals surface area (Å²) >= 11 is 0. The fourth-order valence-electron chi connectivity index (χ4n) is 2.81. The Morgan fingerprint density at radius 2 is 1.77 bits per heavy atom. The van der Waals surface area contributed by atoms with Crippen molar-refractivity contribution in [3.63, 3.8) is 0 Å². The maximum absolute atomic E-state index is 14.1. The third-order valence-corrected chi connectivity index (χ3v) is 4.03. The van der Waals surface area contributed by atoms with Gasteiger partial charge in [0.25, 0.3) is 5.91 Å². The molecule has 0 aliphatic carbocycles. The molecule has 0 spiro atoms. The SMILES string of the molecule is Cc1c(F)c(F)c2c(c1F)C(=O)N(C1CCC(=O)NC1=O)C2. The van der Waals surface area contributed by atoms with Gasteiger partial charge in [0.15, 0.2) is 11.6 Å². The van der Waals surface area contributed by atoms with Crippen molar-refractivity contribution in [3.8, 4) is 0 Å². The topological polar surface area (TPSA) is 66.5 Å². The normalized spacial score (nSPS) is 21.2. The highest BCUT2D eigenvalue weighted by Gasteiger charge is 2.43. The lowest BCUT2D eigenvalue weighted by Gasteiger charge is -2.29. The number of fused-ring (bicyclic) bond motifs is 1. The van der Waals surface area contributed by atoms with Gasteiger partial charge in [-0.1, -0.05) is 0 Å². The van der Waals surface area contributed by atoms with E-state index < -0.39 is 64.5 Å². The summed E-state index contributed by atoms with van der Waals surface area (Å²) in [4.78, 5) is 36.2. The van der Waals surface area contributed by atoms with Crippen molar-refractivity contribution in [3.05, 3.63) is 34.1 Å². The first-order chi connectivity index (χ1) is 10.3. The summed E-state index contributed by atoms with van der Waals surface area (Å²) < 4.78 is 41.6. The summed E-state index contributed by atoms with van der Waals surface area (Å²) in [5.41, 5.74) is -1.51. The van der Waals surface area contributed by atoms with Crippen molar-refractivity contribution < 1.29 is 27.6 Å². The van der Waals surface area contributed by atoms with Crippen LogP contribution in [0.1, 0.15) is 34.3 Å². The van der Waals surface area contributed by atoms with Crippen LogP contribution < -0.4 is 5.32 Å². The maximum Gasteiger partial charge on any atom is 0.258 e. The number of hydrogen-bond donors (Lipinski definition) is 1. The number of imide groups is 1. The number of amides is 3. The van der Waals surface area contributed by atoms with Crippen LogP contribution in [0.2, 0.25) is 0 Å². The number of rotatable bonds is 1. The highest BCUT2D eigenvalue weighted by atomic mass is 19.2. The minimum absolute atomic E-state index is 0.0227. The van der Waals surface area contributed by atoms with Crippen molar-refractivity contribution in [2.45, 2.75) is 32.4 Å². The van der Waals surface area contributed by atoms with E-state index in [-0.39, 0.29) is 12.8 Å². The third-order valence-electron chi connectivity index (χ3n) is 4.03. The second-order valence-corrected chi connectivity index (χ2v) is 5.32. The molecule has 1 aromatic carbocycles. The lowest BCUT2D eigenvalue weighted by atomic mass is 10.0. The van der Waals surface area contributed by atoms with Crippen LogP contribution in [-0.4, -0.2) is 28.7 Å². The third kappa shape index (κ3) is 1.90. The number of benzene rings is 1. The summed E-state index contributed by atoms with van der Waals surface area (Å²) in [6.45, 7) is 0.635. The van der Waals surface area contributed by atoms with Crippen molar-refractivity contribution in [2.24, 2.45) is 0 Å². The van der Waals surface area contributed by atoms with Gasteiger partial charge in [-0.3, -0.25) is 19.7 Å². The number of halogens is 3. The molecule has 2 aliphatic rings. The molecular formula is C14H11F3N2O3. The van der Waals surface area contributed by atoms with Crippen LogP contribution in [0.15, 0.2) is 0 Å². The highest BCUT2D eigenvalue weighted by molar-refractivity contribution is 6.05. The fourth-order valence-corrected chi connectivity index (χ4v) is 2.81. The van der Waals surface area contributed by atoms with Crippen LogP contribution in [0.5, 0.6) is 0 Å². The zero-order valence-corrected chi connectivity index (χ0v) is 11.5. The maximum atomic E-state index is 14.1. The van der Waals surface area contributed by atoms with E-state index in [1.807, 2.05) is 0 Å². The molecule has 0 saturated carbocycles. The Hall–Kier alpha value is -2.38. The van der Waals surface area contributed by atoms with Crippen molar-refractivity contribution >= 4 is 17.7 Å². The van der Waals surface area contributed by atoms with Crippen LogP contribution in [0.4, 0.5) is 13.2 Å². The molecule has 2 aliphatic heterocycles. The number of carbonyl (C=O) groups excluding carboxylic acids is 3. The quantitative estimate of drug-likeness (QED) is 0.625. The van der Waals surface area contributed by atoms with E-state index in [0.717, 1.165) is 11.8 Å². The first kappa shape index (κ1) is 14.6. The predicted octanol–water partition coefficient (Wildman–Crippen LogP) is 1.17. The Balaban J connectivity index is 2.02. The number of hydrogen-bond acceptors (Lipinski definition) is 3. The average Bonchev–Trinajstić information content (AvgIpc) is 2.81. The van der Waals surface area contributed by atoms with E-state index in [1.165, 1.54) is 0 Å². The number of piperidine rings is 1. The van der Waals surface area contributed by atoms with Crippen molar-refractivity contribution in [1.82, 2.24) is 10.2 Å². The van der Waals surface area contributed by atoms with Crippen LogP contribution in [0.3, 0.4) is 0 Å². The van der Waals surface area contributed by atoms with Crippen molar-refractivity contribution in [1.29, 1.82) is 0 Å². The van der Waals surface area contributed by atoms with E-state index in [4.69, 9.17) is 0 Å². The molecule has 0 bridgehead atoms. The number of nitrogens with zero attached hydrogens (tertiary/aromatic N) is 1. The lowest BCUT2D eigenvalue weighted by Crippen LogP contribution is -2.52. The zero-order chi connectivity index (χ0) is 16.2. The van der Waals surface area contributed by atoms with Gasteiger partial charge >= 0.3 is 0 Å². The molecule has 3 rings (SSSR count). The molecule has 1 N–H and O–H groups in total. The molecule has 1 fully saturated rings. The zero-order valence-electron chi connectivity index (χ0n) is 11.5. The molecule has 3 amide bonds. The van der Waals surface area contributed by atoms with Gasteiger partial charge in [0.1, 0.15) is 11.9 Å². The number of carbonyl (C=O) groups is 3. The van der Waals surface area contributed by atoms with E-state index >= 15 is 0 Å². The monoisotopic (exact) mass is 312 g/mol. The van der Waals surface area contributed by atoms with Gasteiger partial charge < -0.3 is 4.90 Å². The minimum atomic E-state index is -1.34. The smallest absolute Gasteiger partial charge is 0.258 e. The molecule has 2 heterocycles. The molecule has 116 valence electrons. The van der Waals surface area contributed by atoms with Crippen LogP contribution in [0.25, 0.3) is 0 Å². The van der Waals surface area contributed by atoms with Crippen LogP contribution in [0, 0.1) is 24.4 Å². The van der Waals surface area contributed by atoms with Gasteiger partial charge in [0, 0.05) is 17.5 Å². The second-order valence-electron chi connectivity index (χ2n) is 5.32. The Bertz CT molecular complexity index is 733. The van der Waals surface area contributed by atoms with Crippen LogP contribution >= 0.6 is 0 Å². The Morgan fingerprint density at radius 3 is 2.41 bits per heavy atom. The van der Waals surface area contributed by atoms with Gasteiger partial charge in [0.05, 0.1) is 12.1 Å². The average molecular weight is 312 g/mol. The molecule has 22 heavy (non-hydrogen) atoms. The largest absolute Gasteiger partial charge is 0.322 e. The van der Waals surface area contributed by atoms with Gasteiger partial charge in [-0.05, 0) is 13.3 Å². The van der Waals surface area contributed by atoms with E-state index in [0.29, 0.717) is 0 Å². The molecule has 1 aromatic rings. The van der Waals surface area contributed by atoms with E-state index in [2.05, 4.69) is 5.32 Å². The molecule has 0 aromatic heterocycles. The van der Waals surface area contributed by atoms with Crippen LogP contribution in [-0.2, 0) is 16.1 Å². The summed E-state index contributed by atoms with van der Waals surface area (Å²) in [5, 5.41) is 2.07. The highest BCUT2D eigenvalue weighted by Crippen LogP contribution is 2.33. The van der Waals surface area contributed by atoms with Gasteiger partial charge in [-0.15, -0.1) is 0 Å². The summed E-state index contributed by atoms with van der Waals surface area (Å²) in [7, 11) is 0.